The van der Waals surface area contributed by atoms with Crippen LogP contribution in [-0.2, 0) is 0 Å². The maximum absolute atomic E-state index is 4.51. The Balaban J connectivity index is 2.01. The highest BCUT2D eigenvalue weighted by molar-refractivity contribution is 5.88. The van der Waals surface area contributed by atoms with Crippen molar-refractivity contribution in [3.8, 4) is 0 Å². The van der Waals surface area contributed by atoms with Crippen LogP contribution in [0, 0.1) is 6.92 Å². The van der Waals surface area contributed by atoms with Gasteiger partial charge in [0.15, 0.2) is 5.82 Å². The summed E-state index contributed by atoms with van der Waals surface area (Å²) in [6.07, 6.45) is 5.28. The van der Waals surface area contributed by atoms with E-state index >= 15 is 0 Å². The molecule has 0 saturated carbocycles. The summed E-state index contributed by atoms with van der Waals surface area (Å²) in [4.78, 5) is 19.5. The van der Waals surface area contributed by atoms with Gasteiger partial charge in [0.05, 0.1) is 0 Å². The van der Waals surface area contributed by atoms with Crippen molar-refractivity contribution in [1.29, 1.82) is 0 Å². The Hall–Kier alpha value is -2.76. The highest BCUT2D eigenvalue weighted by Gasteiger charge is 2.08. The normalized spacial score (nSPS) is 10.6. The zero-order chi connectivity index (χ0) is 14.8. The number of aryl methyl sites for hydroxylation is 1. The van der Waals surface area contributed by atoms with Crippen molar-refractivity contribution in [2.75, 3.05) is 24.3 Å². The van der Waals surface area contributed by atoms with Crippen LogP contribution in [0.4, 0.5) is 17.6 Å². The van der Waals surface area contributed by atoms with Gasteiger partial charge in [-0.1, -0.05) is 6.07 Å². The van der Waals surface area contributed by atoms with Crippen LogP contribution in [0.2, 0.25) is 0 Å². The SMILES string of the molecule is Cc1cnc(Nc2nccc3cccnc23)nc1N(C)C. The highest BCUT2D eigenvalue weighted by Crippen LogP contribution is 2.22. The fraction of sp³-hybridized carbons (Fsp3) is 0.200. The van der Waals surface area contributed by atoms with Crippen LogP contribution in [0.25, 0.3) is 10.9 Å². The minimum Gasteiger partial charge on any atom is -0.362 e. The highest BCUT2D eigenvalue weighted by atomic mass is 15.2. The van der Waals surface area contributed by atoms with Crippen LogP contribution < -0.4 is 10.2 Å². The van der Waals surface area contributed by atoms with Gasteiger partial charge in [-0.15, -0.1) is 0 Å². The van der Waals surface area contributed by atoms with Gasteiger partial charge in [-0.05, 0) is 19.1 Å². The molecule has 6 nitrogen and oxygen atoms in total. The second kappa shape index (κ2) is 5.32. The average Bonchev–Trinajstić information content (AvgIpc) is 2.49. The minimum absolute atomic E-state index is 0.509. The van der Waals surface area contributed by atoms with E-state index in [4.69, 9.17) is 0 Å². The lowest BCUT2D eigenvalue weighted by Gasteiger charge is -2.15. The van der Waals surface area contributed by atoms with E-state index in [1.165, 1.54) is 0 Å². The first kappa shape index (κ1) is 13.2. The molecule has 0 amide bonds. The molecule has 0 unspecified atom stereocenters. The Labute approximate surface area is 122 Å². The molecule has 21 heavy (non-hydrogen) atoms. The number of nitrogens with one attached hydrogen (secondary N) is 1. The summed E-state index contributed by atoms with van der Waals surface area (Å²) in [6, 6.07) is 5.82. The van der Waals surface area contributed by atoms with E-state index in [9.17, 15) is 0 Å². The Morgan fingerprint density at radius 3 is 2.71 bits per heavy atom. The largest absolute Gasteiger partial charge is 0.362 e. The molecule has 6 heteroatoms. The van der Waals surface area contributed by atoms with Crippen molar-refractivity contribution >= 4 is 28.5 Å². The summed E-state index contributed by atoms with van der Waals surface area (Å²) in [7, 11) is 3.91. The molecule has 0 fully saturated rings. The molecule has 106 valence electrons. The molecule has 1 N–H and O–H groups in total. The first-order valence-electron chi connectivity index (χ1n) is 6.63. The van der Waals surface area contributed by atoms with E-state index in [2.05, 4.69) is 25.3 Å². The lowest BCUT2D eigenvalue weighted by Crippen LogP contribution is -2.14. The lowest BCUT2D eigenvalue weighted by molar-refractivity contribution is 1.02. The molecule has 0 aliphatic carbocycles. The fourth-order valence-corrected chi connectivity index (χ4v) is 2.15. The number of fused-ring (bicyclic) bond motifs is 1. The molecule has 0 radical (unpaired) electrons. The van der Waals surface area contributed by atoms with Crippen molar-refractivity contribution in [1.82, 2.24) is 19.9 Å². The van der Waals surface area contributed by atoms with Gasteiger partial charge in [0.2, 0.25) is 5.95 Å². The van der Waals surface area contributed by atoms with Crippen molar-refractivity contribution in [3.05, 3.63) is 42.4 Å². The molecule has 0 saturated heterocycles. The van der Waals surface area contributed by atoms with Gasteiger partial charge in [0.25, 0.3) is 0 Å². The van der Waals surface area contributed by atoms with Crippen LogP contribution in [0.3, 0.4) is 0 Å². The Morgan fingerprint density at radius 2 is 1.90 bits per heavy atom. The summed E-state index contributed by atoms with van der Waals surface area (Å²) in [6.45, 7) is 1.98. The predicted molar refractivity (Wildman–Crippen MR) is 83.9 cm³/mol. The number of pyridine rings is 2. The third-order valence-electron chi connectivity index (χ3n) is 3.12. The van der Waals surface area contributed by atoms with Gasteiger partial charge in [-0.3, -0.25) is 4.98 Å². The molecule has 3 aromatic heterocycles. The molecule has 0 aliphatic rings. The summed E-state index contributed by atoms with van der Waals surface area (Å²) in [5.41, 5.74) is 1.82. The number of nitrogens with zero attached hydrogens (tertiary/aromatic N) is 5. The van der Waals surface area contributed by atoms with Crippen molar-refractivity contribution in [2.45, 2.75) is 6.92 Å². The third-order valence-corrected chi connectivity index (χ3v) is 3.12. The van der Waals surface area contributed by atoms with Crippen molar-refractivity contribution in [3.63, 3.8) is 0 Å². The van der Waals surface area contributed by atoms with Crippen molar-refractivity contribution in [2.24, 2.45) is 0 Å². The maximum atomic E-state index is 4.51. The average molecular weight is 280 g/mol. The van der Waals surface area contributed by atoms with Crippen LogP contribution in [0.15, 0.2) is 36.8 Å². The number of hydrogen-bond acceptors (Lipinski definition) is 6. The third kappa shape index (κ3) is 2.60. The minimum atomic E-state index is 0.509. The molecule has 0 atom stereocenters. The molecular formula is C15H16N6. The van der Waals surface area contributed by atoms with E-state index in [-0.39, 0.29) is 0 Å². The zero-order valence-corrected chi connectivity index (χ0v) is 12.2. The molecule has 0 bridgehead atoms. The number of anilines is 3. The van der Waals surface area contributed by atoms with Crippen LogP contribution in [-0.4, -0.2) is 34.0 Å². The number of rotatable bonds is 3. The van der Waals surface area contributed by atoms with E-state index < -0.39 is 0 Å². The Bertz CT molecular complexity index is 779. The van der Waals surface area contributed by atoms with Gasteiger partial charge < -0.3 is 10.2 Å². The number of aromatic nitrogens is 4. The second-order valence-electron chi connectivity index (χ2n) is 4.95. The molecule has 3 rings (SSSR count). The maximum Gasteiger partial charge on any atom is 0.230 e. The molecule has 0 aliphatic heterocycles. The van der Waals surface area contributed by atoms with Gasteiger partial charge >= 0.3 is 0 Å². The zero-order valence-electron chi connectivity index (χ0n) is 12.2. The first-order valence-corrected chi connectivity index (χ1v) is 6.63. The number of hydrogen-bond donors (Lipinski definition) is 1. The summed E-state index contributed by atoms with van der Waals surface area (Å²) in [5.74, 6) is 2.04. The Kier molecular flexibility index (Phi) is 3.35. The molecule has 0 aromatic carbocycles. The van der Waals surface area contributed by atoms with Gasteiger partial charge in [0, 0.05) is 43.6 Å². The summed E-state index contributed by atoms with van der Waals surface area (Å²) in [5, 5.41) is 4.17. The van der Waals surface area contributed by atoms with E-state index in [0.717, 1.165) is 22.3 Å². The summed E-state index contributed by atoms with van der Waals surface area (Å²) >= 11 is 0. The van der Waals surface area contributed by atoms with Gasteiger partial charge in [0.1, 0.15) is 11.3 Å². The monoisotopic (exact) mass is 280 g/mol. The smallest absolute Gasteiger partial charge is 0.230 e. The fourth-order valence-electron chi connectivity index (χ4n) is 2.15. The van der Waals surface area contributed by atoms with Crippen molar-refractivity contribution < 1.29 is 0 Å². The van der Waals surface area contributed by atoms with Crippen LogP contribution >= 0.6 is 0 Å². The topological polar surface area (TPSA) is 66.8 Å². The van der Waals surface area contributed by atoms with E-state index in [1.807, 2.05) is 44.1 Å². The quantitative estimate of drug-likeness (QED) is 0.795. The van der Waals surface area contributed by atoms with Gasteiger partial charge in [-0.25, -0.2) is 9.97 Å². The predicted octanol–water partition coefficient (Wildman–Crippen LogP) is 2.54. The molecule has 3 heterocycles. The van der Waals surface area contributed by atoms with E-state index in [1.54, 1.807) is 18.6 Å². The molecular weight excluding hydrogens is 264 g/mol. The second-order valence-corrected chi connectivity index (χ2v) is 4.95. The van der Waals surface area contributed by atoms with Crippen LogP contribution in [0.1, 0.15) is 5.56 Å². The van der Waals surface area contributed by atoms with Crippen LogP contribution in [0.5, 0.6) is 0 Å². The van der Waals surface area contributed by atoms with Gasteiger partial charge in [-0.2, -0.15) is 4.98 Å². The van der Waals surface area contributed by atoms with E-state index in [0.29, 0.717) is 11.8 Å². The lowest BCUT2D eigenvalue weighted by atomic mass is 10.2. The summed E-state index contributed by atoms with van der Waals surface area (Å²) < 4.78 is 0. The Morgan fingerprint density at radius 1 is 1.05 bits per heavy atom. The molecule has 0 spiro atoms. The first-order chi connectivity index (χ1) is 10.1. The standard InChI is InChI=1S/C15H16N6/c1-10-9-18-15(20-14(10)21(2)3)19-13-12-11(6-8-17-13)5-4-7-16-12/h4-9H,1-3H3,(H,17,18,19,20). The molecule has 3 aromatic rings.